The summed E-state index contributed by atoms with van der Waals surface area (Å²) in [5.41, 5.74) is 0.398. The zero-order valence-corrected chi connectivity index (χ0v) is 11.5. The summed E-state index contributed by atoms with van der Waals surface area (Å²) in [7, 11) is -3.58. The summed E-state index contributed by atoms with van der Waals surface area (Å²) >= 11 is 0. The number of rotatable bonds is 5. The van der Waals surface area contributed by atoms with Crippen LogP contribution in [0.3, 0.4) is 0 Å². The fraction of sp³-hybridized carbons (Fsp3) is 0.700. The van der Waals surface area contributed by atoms with Gasteiger partial charge in [0, 0.05) is 17.3 Å². The van der Waals surface area contributed by atoms with Crippen molar-refractivity contribution in [3.05, 3.63) is 11.8 Å². The fourth-order valence-corrected chi connectivity index (χ4v) is 2.61. The van der Waals surface area contributed by atoms with E-state index in [4.69, 9.17) is 0 Å². The smallest absolute Gasteiger partial charge is 0.280 e. The summed E-state index contributed by atoms with van der Waals surface area (Å²) in [6.07, 6.45) is 1.83. The highest BCUT2D eigenvalue weighted by Gasteiger charge is 2.20. The predicted molar refractivity (Wildman–Crippen MR) is 68.0 cm³/mol. The molecular weight excluding hydrogens is 240 g/mol. The minimum Gasteiger partial charge on any atom is -0.280 e. The molecule has 0 bridgehead atoms. The summed E-state index contributed by atoms with van der Waals surface area (Å²) in [6.45, 7) is 7.38. The molecule has 0 aliphatic carbocycles. The molecule has 98 valence electrons. The molecule has 0 fully saturated rings. The zero-order valence-electron chi connectivity index (χ0n) is 10.7. The number of hydrogen-bond donors (Lipinski definition) is 3. The van der Waals surface area contributed by atoms with Crippen LogP contribution >= 0.6 is 0 Å². The van der Waals surface area contributed by atoms with E-state index in [1.54, 1.807) is 26.8 Å². The van der Waals surface area contributed by atoms with Crippen molar-refractivity contribution in [1.29, 1.82) is 0 Å². The van der Waals surface area contributed by atoms with E-state index >= 15 is 0 Å². The molecule has 7 heteroatoms. The van der Waals surface area contributed by atoms with E-state index in [2.05, 4.69) is 19.6 Å². The lowest BCUT2D eigenvalue weighted by Gasteiger charge is -2.20. The van der Waals surface area contributed by atoms with Gasteiger partial charge in [-0.1, -0.05) is 13.3 Å². The Morgan fingerprint density at radius 3 is 2.59 bits per heavy atom. The van der Waals surface area contributed by atoms with Crippen molar-refractivity contribution < 1.29 is 8.42 Å². The molecule has 6 nitrogen and oxygen atoms in total. The van der Waals surface area contributed by atoms with Gasteiger partial charge in [-0.3, -0.25) is 9.82 Å². The topological polar surface area (TPSA) is 86.9 Å². The quantitative estimate of drug-likeness (QED) is 0.748. The van der Waals surface area contributed by atoms with Crippen LogP contribution in [-0.4, -0.2) is 24.2 Å². The minimum atomic E-state index is -3.58. The molecule has 0 unspecified atom stereocenters. The van der Waals surface area contributed by atoms with E-state index in [9.17, 15) is 8.42 Å². The maximum Gasteiger partial charge on any atom is 0.300 e. The van der Waals surface area contributed by atoms with Gasteiger partial charge >= 0.3 is 10.2 Å². The first kappa shape index (κ1) is 14.0. The highest BCUT2D eigenvalue weighted by molar-refractivity contribution is 7.90. The monoisotopic (exact) mass is 260 g/mol. The van der Waals surface area contributed by atoms with E-state index < -0.39 is 15.7 Å². The first-order valence-corrected chi connectivity index (χ1v) is 7.06. The van der Waals surface area contributed by atoms with Crippen molar-refractivity contribution in [1.82, 2.24) is 14.9 Å². The molecule has 1 heterocycles. The van der Waals surface area contributed by atoms with Crippen LogP contribution in [0, 0.1) is 0 Å². The molecule has 17 heavy (non-hydrogen) atoms. The van der Waals surface area contributed by atoms with Crippen molar-refractivity contribution in [2.75, 3.05) is 4.72 Å². The van der Waals surface area contributed by atoms with E-state index in [1.165, 1.54) is 0 Å². The van der Waals surface area contributed by atoms with Gasteiger partial charge in [-0.05, 0) is 27.2 Å². The lowest BCUT2D eigenvalue weighted by Crippen LogP contribution is -2.43. The second-order valence-corrected chi connectivity index (χ2v) is 6.40. The Hall–Kier alpha value is -1.08. The molecule has 0 aromatic carbocycles. The maximum atomic E-state index is 11.7. The van der Waals surface area contributed by atoms with Crippen molar-refractivity contribution in [2.24, 2.45) is 0 Å². The van der Waals surface area contributed by atoms with Gasteiger partial charge in [0.15, 0.2) is 5.82 Å². The number of aromatic amines is 1. The van der Waals surface area contributed by atoms with Crippen molar-refractivity contribution in [2.45, 2.75) is 46.1 Å². The first-order chi connectivity index (χ1) is 7.72. The summed E-state index contributed by atoms with van der Waals surface area (Å²) in [6, 6.07) is 1.70. The molecule has 0 amide bonds. The molecule has 0 saturated heterocycles. The fourth-order valence-electron chi connectivity index (χ4n) is 1.38. The van der Waals surface area contributed by atoms with Gasteiger partial charge in [0.05, 0.1) is 0 Å². The lowest BCUT2D eigenvalue weighted by molar-refractivity contribution is 0.494. The van der Waals surface area contributed by atoms with Gasteiger partial charge in [0.1, 0.15) is 0 Å². The Bertz CT molecular complexity index is 459. The number of anilines is 1. The molecule has 0 aliphatic heterocycles. The molecular formula is C10H20N4O2S. The van der Waals surface area contributed by atoms with Gasteiger partial charge in [0.2, 0.25) is 0 Å². The number of nitrogens with one attached hydrogen (secondary N) is 3. The van der Waals surface area contributed by atoms with E-state index in [0.29, 0.717) is 5.82 Å². The molecule has 0 atom stereocenters. The Morgan fingerprint density at radius 2 is 2.06 bits per heavy atom. The summed E-state index contributed by atoms with van der Waals surface area (Å²) < 4.78 is 28.3. The highest BCUT2D eigenvalue weighted by atomic mass is 32.2. The average molecular weight is 260 g/mol. The van der Waals surface area contributed by atoms with Crippen molar-refractivity contribution in [3.8, 4) is 0 Å². The number of H-pyrrole nitrogens is 1. The molecule has 0 saturated carbocycles. The zero-order chi connectivity index (χ0) is 13.1. The number of aromatic nitrogens is 2. The largest absolute Gasteiger partial charge is 0.300 e. The maximum absolute atomic E-state index is 11.7. The molecule has 3 N–H and O–H groups in total. The average Bonchev–Trinajstić information content (AvgIpc) is 2.47. The summed E-state index contributed by atoms with van der Waals surface area (Å²) in [5, 5.41) is 6.68. The highest BCUT2D eigenvalue weighted by Crippen LogP contribution is 2.10. The van der Waals surface area contributed by atoms with Crippen LogP contribution in [0.15, 0.2) is 6.07 Å². The van der Waals surface area contributed by atoms with Gasteiger partial charge < -0.3 is 0 Å². The number of hydrogen-bond acceptors (Lipinski definition) is 3. The van der Waals surface area contributed by atoms with Crippen LogP contribution in [0.4, 0.5) is 5.82 Å². The van der Waals surface area contributed by atoms with Crippen molar-refractivity contribution >= 4 is 16.0 Å². The molecule has 0 aliphatic rings. The van der Waals surface area contributed by atoms with Crippen LogP contribution in [0.1, 0.15) is 39.8 Å². The Labute approximate surface area is 102 Å². The van der Waals surface area contributed by atoms with Crippen LogP contribution in [0.25, 0.3) is 0 Å². The third-order valence-electron chi connectivity index (χ3n) is 1.83. The normalized spacial score (nSPS) is 12.7. The third kappa shape index (κ3) is 5.18. The van der Waals surface area contributed by atoms with Crippen LogP contribution in [-0.2, 0) is 16.6 Å². The van der Waals surface area contributed by atoms with E-state index in [0.717, 1.165) is 18.5 Å². The second-order valence-electron chi connectivity index (χ2n) is 4.99. The Kier molecular flexibility index (Phi) is 4.16. The van der Waals surface area contributed by atoms with Gasteiger partial charge in [-0.2, -0.15) is 18.2 Å². The molecule has 0 radical (unpaired) electrons. The predicted octanol–water partition coefficient (Wildman–Crippen LogP) is 1.41. The van der Waals surface area contributed by atoms with Crippen LogP contribution in [0.2, 0.25) is 0 Å². The van der Waals surface area contributed by atoms with Gasteiger partial charge in [-0.15, -0.1) is 0 Å². The molecule has 1 rings (SSSR count). The standard InChI is InChI=1S/C10H20N4O2S/c1-5-6-8-7-9(12-11-8)13-17(15,16)14-10(2,3)4/h7,14H,5-6H2,1-4H3,(H2,11,12,13). The van der Waals surface area contributed by atoms with E-state index in [1.807, 2.05) is 6.92 Å². The van der Waals surface area contributed by atoms with Gasteiger partial charge in [0.25, 0.3) is 0 Å². The second kappa shape index (κ2) is 5.05. The minimum absolute atomic E-state index is 0.310. The molecule has 1 aromatic rings. The van der Waals surface area contributed by atoms with Crippen LogP contribution in [0.5, 0.6) is 0 Å². The number of aryl methyl sites for hydroxylation is 1. The van der Waals surface area contributed by atoms with Crippen LogP contribution < -0.4 is 9.44 Å². The molecule has 1 aromatic heterocycles. The van der Waals surface area contributed by atoms with Crippen molar-refractivity contribution in [3.63, 3.8) is 0 Å². The SMILES string of the molecule is CCCc1cc(NS(=O)(=O)NC(C)(C)C)n[nH]1. The van der Waals surface area contributed by atoms with E-state index in [-0.39, 0.29) is 0 Å². The lowest BCUT2D eigenvalue weighted by atomic mass is 10.1. The molecule has 0 spiro atoms. The Morgan fingerprint density at radius 1 is 1.41 bits per heavy atom. The summed E-state index contributed by atoms with van der Waals surface area (Å²) in [5.74, 6) is 0.310. The number of nitrogens with zero attached hydrogens (tertiary/aromatic N) is 1. The Balaban J connectivity index is 2.70. The van der Waals surface area contributed by atoms with Gasteiger partial charge in [-0.25, -0.2) is 0 Å². The summed E-state index contributed by atoms with van der Waals surface area (Å²) in [4.78, 5) is 0. The third-order valence-corrected chi connectivity index (χ3v) is 3.19. The first-order valence-electron chi connectivity index (χ1n) is 5.58.